The Morgan fingerprint density at radius 2 is 1.62 bits per heavy atom. The van der Waals surface area contributed by atoms with E-state index in [0.717, 1.165) is 12.0 Å². The average Bonchev–Trinajstić information content (AvgIpc) is 3.25. The van der Waals surface area contributed by atoms with Crippen molar-refractivity contribution in [3.8, 4) is 11.5 Å². The fraction of sp³-hybridized carbons (Fsp3) is 0.286. The number of hydrogen-bond acceptors (Lipinski definition) is 5. The molecule has 0 unspecified atom stereocenters. The molecule has 150 valence electrons. The van der Waals surface area contributed by atoms with E-state index in [1.54, 1.807) is 34.1 Å². The Bertz CT molecular complexity index is 920. The Morgan fingerprint density at radius 1 is 0.931 bits per heavy atom. The molecule has 8 heteroatoms. The van der Waals surface area contributed by atoms with E-state index in [4.69, 9.17) is 9.47 Å². The third-order valence-corrected chi connectivity index (χ3v) is 5.03. The monoisotopic (exact) mass is 395 g/mol. The molecule has 1 N–H and O–H groups in total. The largest absolute Gasteiger partial charge is 0.454 e. The Hall–Kier alpha value is -3.55. The van der Waals surface area contributed by atoms with Crippen LogP contribution in [0.2, 0.25) is 0 Å². The third kappa shape index (κ3) is 4.16. The summed E-state index contributed by atoms with van der Waals surface area (Å²) in [4.78, 5) is 39.1. The molecule has 1 saturated heterocycles. The van der Waals surface area contributed by atoms with Gasteiger partial charge in [0.2, 0.25) is 13.2 Å². The van der Waals surface area contributed by atoms with Gasteiger partial charge in [0.15, 0.2) is 11.5 Å². The van der Waals surface area contributed by atoms with Crippen LogP contribution in [0, 0.1) is 0 Å². The molecule has 2 aromatic rings. The summed E-state index contributed by atoms with van der Waals surface area (Å²) in [6.45, 7) is 2.66. The Kier molecular flexibility index (Phi) is 5.33. The molecule has 4 rings (SSSR count). The predicted octanol–water partition coefficient (Wildman–Crippen LogP) is 1.26. The number of hydrogen-bond donors (Lipinski definition) is 1. The first-order valence-corrected chi connectivity index (χ1v) is 9.39. The summed E-state index contributed by atoms with van der Waals surface area (Å²) in [5.41, 5.74) is 1.91. The number of amides is 3. The lowest BCUT2D eigenvalue weighted by molar-refractivity contribution is -0.119. The Morgan fingerprint density at radius 3 is 2.34 bits per heavy atom. The maximum absolute atomic E-state index is 12.6. The van der Waals surface area contributed by atoms with Crippen molar-refractivity contribution in [2.45, 2.75) is 6.54 Å². The van der Waals surface area contributed by atoms with E-state index in [0.29, 0.717) is 55.3 Å². The molecule has 0 bridgehead atoms. The highest BCUT2D eigenvalue weighted by Gasteiger charge is 2.21. The van der Waals surface area contributed by atoms with Crippen LogP contribution in [0.4, 0.5) is 0 Å². The molecule has 3 amide bonds. The van der Waals surface area contributed by atoms with E-state index >= 15 is 0 Å². The van der Waals surface area contributed by atoms with Gasteiger partial charge in [0.25, 0.3) is 11.8 Å². The molecule has 0 aromatic heterocycles. The number of nitrogens with one attached hydrogen (secondary N) is 1. The zero-order valence-electron chi connectivity index (χ0n) is 15.8. The van der Waals surface area contributed by atoms with Crippen LogP contribution in [0.3, 0.4) is 0 Å². The summed E-state index contributed by atoms with van der Waals surface area (Å²) in [7, 11) is 0. The minimum Gasteiger partial charge on any atom is -0.454 e. The fourth-order valence-corrected chi connectivity index (χ4v) is 3.31. The smallest absolute Gasteiger partial charge is 0.253 e. The maximum Gasteiger partial charge on any atom is 0.253 e. The summed E-state index contributed by atoms with van der Waals surface area (Å²) < 4.78 is 10.6. The standard InChI is InChI=1S/C21H21N3O5/c25-13-23-7-9-24(10-8-23)21(27)17-4-2-16(3-5-17)20(26)22-12-15-1-6-18-19(11-15)29-14-28-18/h1-6,11,13H,7-10,12,14H2,(H,22,26). The maximum atomic E-state index is 12.6. The molecule has 2 aliphatic rings. The van der Waals surface area contributed by atoms with Gasteiger partial charge in [-0.1, -0.05) is 6.07 Å². The van der Waals surface area contributed by atoms with Crippen molar-refractivity contribution in [2.75, 3.05) is 33.0 Å². The van der Waals surface area contributed by atoms with Gasteiger partial charge in [-0.25, -0.2) is 0 Å². The fourth-order valence-electron chi connectivity index (χ4n) is 3.31. The minimum absolute atomic E-state index is 0.0946. The van der Waals surface area contributed by atoms with Gasteiger partial charge in [-0.15, -0.1) is 0 Å². The first kappa shape index (κ1) is 18.8. The molecule has 0 atom stereocenters. The number of carbonyl (C=O) groups excluding carboxylic acids is 3. The van der Waals surface area contributed by atoms with Gasteiger partial charge >= 0.3 is 0 Å². The van der Waals surface area contributed by atoms with Crippen LogP contribution in [0.25, 0.3) is 0 Å². The summed E-state index contributed by atoms with van der Waals surface area (Å²) in [5, 5.41) is 2.86. The molecular weight excluding hydrogens is 374 g/mol. The Balaban J connectivity index is 1.33. The van der Waals surface area contributed by atoms with E-state index in [-0.39, 0.29) is 18.6 Å². The van der Waals surface area contributed by atoms with Crippen LogP contribution in [0.5, 0.6) is 11.5 Å². The van der Waals surface area contributed by atoms with Crippen molar-refractivity contribution in [1.29, 1.82) is 0 Å². The number of carbonyl (C=O) groups is 3. The van der Waals surface area contributed by atoms with Crippen molar-refractivity contribution in [3.63, 3.8) is 0 Å². The highest BCUT2D eigenvalue weighted by Crippen LogP contribution is 2.32. The topological polar surface area (TPSA) is 88.2 Å². The summed E-state index contributed by atoms with van der Waals surface area (Å²) in [6, 6.07) is 12.1. The van der Waals surface area contributed by atoms with Crippen molar-refractivity contribution in [2.24, 2.45) is 0 Å². The van der Waals surface area contributed by atoms with E-state index in [1.165, 1.54) is 0 Å². The van der Waals surface area contributed by atoms with E-state index in [9.17, 15) is 14.4 Å². The van der Waals surface area contributed by atoms with Gasteiger partial charge in [-0.2, -0.15) is 0 Å². The van der Waals surface area contributed by atoms with Crippen LogP contribution in [0.1, 0.15) is 26.3 Å². The highest BCUT2D eigenvalue weighted by atomic mass is 16.7. The van der Waals surface area contributed by atoms with Gasteiger partial charge in [0, 0.05) is 43.9 Å². The van der Waals surface area contributed by atoms with Crippen molar-refractivity contribution >= 4 is 18.2 Å². The molecule has 0 aliphatic carbocycles. The highest BCUT2D eigenvalue weighted by molar-refractivity contribution is 5.97. The molecular formula is C21H21N3O5. The van der Waals surface area contributed by atoms with Gasteiger partial charge in [0.1, 0.15) is 0 Å². The third-order valence-electron chi connectivity index (χ3n) is 5.03. The second-order valence-electron chi connectivity index (χ2n) is 6.88. The quantitative estimate of drug-likeness (QED) is 0.770. The number of nitrogens with zero attached hydrogens (tertiary/aromatic N) is 2. The van der Waals surface area contributed by atoms with Crippen molar-refractivity contribution < 1.29 is 23.9 Å². The number of fused-ring (bicyclic) bond motifs is 1. The zero-order valence-corrected chi connectivity index (χ0v) is 15.8. The van der Waals surface area contributed by atoms with Gasteiger partial charge in [-0.3, -0.25) is 14.4 Å². The van der Waals surface area contributed by atoms with Crippen LogP contribution >= 0.6 is 0 Å². The molecule has 2 aromatic carbocycles. The molecule has 1 fully saturated rings. The van der Waals surface area contributed by atoms with E-state index in [2.05, 4.69) is 5.32 Å². The molecule has 0 saturated carbocycles. The van der Waals surface area contributed by atoms with E-state index < -0.39 is 0 Å². The SMILES string of the molecule is O=CN1CCN(C(=O)c2ccc(C(=O)NCc3ccc4c(c3)OCO4)cc2)CC1. The summed E-state index contributed by atoms with van der Waals surface area (Å²) >= 11 is 0. The van der Waals surface area contributed by atoms with E-state index in [1.807, 2.05) is 18.2 Å². The second kappa shape index (κ2) is 8.22. The first-order valence-electron chi connectivity index (χ1n) is 9.39. The zero-order chi connectivity index (χ0) is 20.2. The van der Waals surface area contributed by atoms with Crippen molar-refractivity contribution in [1.82, 2.24) is 15.1 Å². The lowest BCUT2D eigenvalue weighted by atomic mass is 10.1. The molecule has 0 radical (unpaired) electrons. The number of ether oxygens (including phenoxy) is 2. The summed E-state index contributed by atoms with van der Waals surface area (Å²) in [5.74, 6) is 1.06. The minimum atomic E-state index is -0.221. The predicted molar refractivity (Wildman–Crippen MR) is 104 cm³/mol. The normalized spacial score (nSPS) is 15.2. The lowest BCUT2D eigenvalue weighted by Gasteiger charge is -2.32. The summed E-state index contributed by atoms with van der Waals surface area (Å²) in [6.07, 6.45) is 0.804. The van der Waals surface area contributed by atoms with Gasteiger partial charge < -0.3 is 24.6 Å². The molecule has 29 heavy (non-hydrogen) atoms. The number of rotatable bonds is 5. The van der Waals surface area contributed by atoms with Crippen LogP contribution in [0.15, 0.2) is 42.5 Å². The van der Waals surface area contributed by atoms with Crippen LogP contribution in [-0.4, -0.2) is 61.0 Å². The lowest BCUT2D eigenvalue weighted by Crippen LogP contribution is -2.48. The number of piperazine rings is 1. The van der Waals surface area contributed by atoms with Crippen molar-refractivity contribution in [3.05, 3.63) is 59.2 Å². The molecule has 2 aliphatic heterocycles. The number of benzene rings is 2. The van der Waals surface area contributed by atoms with Gasteiger partial charge in [-0.05, 0) is 42.0 Å². The van der Waals surface area contributed by atoms with Crippen LogP contribution in [-0.2, 0) is 11.3 Å². The molecule has 0 spiro atoms. The molecule has 2 heterocycles. The average molecular weight is 395 g/mol. The second-order valence-corrected chi connectivity index (χ2v) is 6.88. The van der Waals surface area contributed by atoms with Crippen LogP contribution < -0.4 is 14.8 Å². The first-order chi connectivity index (χ1) is 14.1. The van der Waals surface area contributed by atoms with Gasteiger partial charge in [0.05, 0.1) is 0 Å². The Labute approximate surface area is 168 Å². The molecule has 8 nitrogen and oxygen atoms in total.